The van der Waals surface area contributed by atoms with Gasteiger partial charge < -0.3 is 10.1 Å². The van der Waals surface area contributed by atoms with Gasteiger partial charge in [-0.1, -0.05) is 19.6 Å². The first-order chi connectivity index (χ1) is 15.5. The number of hydrogen-bond donors (Lipinski definition) is 1. The number of benzene rings is 1. The summed E-state index contributed by atoms with van der Waals surface area (Å²) in [6, 6.07) is 9.76. The Morgan fingerprint density at radius 1 is 1.09 bits per heavy atom. The molecule has 3 aromatic heterocycles. The first kappa shape index (κ1) is 22.9. The van der Waals surface area contributed by atoms with E-state index in [0.29, 0.717) is 17.8 Å². The molecule has 4 aromatic rings. The van der Waals surface area contributed by atoms with Crippen molar-refractivity contribution in [3.63, 3.8) is 0 Å². The molecule has 0 unspecified atom stereocenters. The Bertz CT molecular complexity index is 1320. The smallest absolute Gasteiger partial charge is 0.352 e. The predicted octanol–water partition coefficient (Wildman–Crippen LogP) is 2.32. The van der Waals surface area contributed by atoms with Gasteiger partial charge in [-0.15, -0.1) is 0 Å². The number of aromatic nitrogens is 5. The van der Waals surface area contributed by atoms with Gasteiger partial charge in [-0.25, -0.2) is 14.8 Å². The normalized spacial score (nSPS) is 16.1. The van der Waals surface area contributed by atoms with Crippen LogP contribution in [0.2, 0.25) is 0 Å². The molecule has 0 amide bonds. The highest BCUT2D eigenvalue weighted by Crippen LogP contribution is 2.23. The van der Waals surface area contributed by atoms with Crippen molar-refractivity contribution in [2.24, 2.45) is 0 Å². The second-order valence-corrected chi connectivity index (χ2v) is 8.84. The monoisotopic (exact) mass is 449 g/mol. The molecule has 0 atom stereocenters. The van der Waals surface area contributed by atoms with Crippen LogP contribution in [-0.4, -0.2) is 61.3 Å². The summed E-state index contributed by atoms with van der Waals surface area (Å²) in [5.41, 5.74) is 3.00. The third kappa shape index (κ3) is 4.21. The molecule has 1 aliphatic heterocycles. The molecule has 0 aliphatic carbocycles. The van der Waals surface area contributed by atoms with Gasteiger partial charge in [0.15, 0.2) is 5.65 Å². The van der Waals surface area contributed by atoms with Crippen molar-refractivity contribution in [2.45, 2.75) is 39.9 Å². The average Bonchev–Trinajstić information content (AvgIpc) is 3.29. The van der Waals surface area contributed by atoms with E-state index in [1.54, 1.807) is 11.7 Å². The van der Waals surface area contributed by atoms with Gasteiger partial charge in [0.2, 0.25) is 0 Å². The standard InChI is InChI=1S/C23H27N7O2.CH4/c1-23(2)14-24-8-9-28(23)12-17-10-19-20(25-11-17)29(22(31)30-21(19)26-15-27-30)13-16-4-6-18(32-3)7-5-16;/h4-7,10-11,15,24H,8-9,12-14H2,1-3H3;1H4. The fourth-order valence-electron chi connectivity index (χ4n) is 4.33. The summed E-state index contributed by atoms with van der Waals surface area (Å²) in [5.74, 6) is 0.774. The quantitative estimate of drug-likeness (QED) is 0.500. The minimum absolute atomic E-state index is 0. The zero-order valence-corrected chi connectivity index (χ0v) is 18.6. The van der Waals surface area contributed by atoms with E-state index in [-0.39, 0.29) is 18.7 Å². The number of pyridine rings is 1. The Morgan fingerprint density at radius 3 is 2.61 bits per heavy atom. The third-order valence-corrected chi connectivity index (χ3v) is 6.23. The van der Waals surface area contributed by atoms with Gasteiger partial charge in [0.05, 0.1) is 19.0 Å². The molecule has 1 N–H and O–H groups in total. The SMILES string of the molecule is C.COc1ccc(Cn2c(=O)n3ncnc3c3cc(CN4CCNCC4(C)C)cnc32)cc1. The van der Waals surface area contributed by atoms with Crippen molar-refractivity contribution in [2.75, 3.05) is 26.7 Å². The number of nitrogens with one attached hydrogen (secondary N) is 1. The van der Waals surface area contributed by atoms with Gasteiger partial charge >= 0.3 is 5.69 Å². The van der Waals surface area contributed by atoms with E-state index >= 15 is 0 Å². The average molecular weight is 450 g/mol. The highest BCUT2D eigenvalue weighted by atomic mass is 16.5. The van der Waals surface area contributed by atoms with Crippen LogP contribution in [0, 0.1) is 0 Å². The van der Waals surface area contributed by atoms with Crippen LogP contribution in [0.1, 0.15) is 32.4 Å². The van der Waals surface area contributed by atoms with Crippen molar-refractivity contribution in [3.05, 3.63) is 64.5 Å². The summed E-state index contributed by atoms with van der Waals surface area (Å²) < 4.78 is 8.24. The van der Waals surface area contributed by atoms with Crippen LogP contribution < -0.4 is 15.7 Å². The van der Waals surface area contributed by atoms with Gasteiger partial charge in [-0.05, 0) is 43.2 Å². The summed E-state index contributed by atoms with van der Waals surface area (Å²) in [7, 11) is 1.63. The Kier molecular flexibility index (Phi) is 6.18. The van der Waals surface area contributed by atoms with Gasteiger partial charge in [0, 0.05) is 37.9 Å². The zero-order chi connectivity index (χ0) is 22.3. The highest BCUT2D eigenvalue weighted by molar-refractivity contribution is 5.89. The molecule has 1 aromatic carbocycles. The Hall–Kier alpha value is -3.30. The van der Waals surface area contributed by atoms with Crippen molar-refractivity contribution in [1.82, 2.24) is 34.4 Å². The lowest BCUT2D eigenvalue weighted by atomic mass is 9.99. The Morgan fingerprint density at radius 2 is 1.88 bits per heavy atom. The van der Waals surface area contributed by atoms with Crippen molar-refractivity contribution >= 4 is 16.7 Å². The van der Waals surface area contributed by atoms with Crippen LogP contribution in [0.5, 0.6) is 5.75 Å². The number of fused-ring (bicyclic) bond motifs is 3. The Balaban J connectivity index is 0.00000259. The van der Waals surface area contributed by atoms with Gasteiger partial charge in [0.1, 0.15) is 17.7 Å². The van der Waals surface area contributed by atoms with E-state index in [0.717, 1.165) is 48.4 Å². The number of rotatable bonds is 5. The van der Waals surface area contributed by atoms with Crippen LogP contribution in [0.3, 0.4) is 0 Å². The van der Waals surface area contributed by atoms with Gasteiger partial charge in [-0.3, -0.25) is 9.47 Å². The molecule has 1 fully saturated rings. The second kappa shape index (κ2) is 8.92. The first-order valence-electron chi connectivity index (χ1n) is 10.8. The molecule has 1 saturated heterocycles. The maximum absolute atomic E-state index is 13.2. The minimum Gasteiger partial charge on any atom is -0.497 e. The van der Waals surface area contributed by atoms with Gasteiger partial charge in [0.25, 0.3) is 0 Å². The summed E-state index contributed by atoms with van der Waals surface area (Å²) in [6.45, 7) is 8.56. The van der Waals surface area contributed by atoms with Crippen LogP contribution in [0.15, 0.2) is 47.7 Å². The summed E-state index contributed by atoms with van der Waals surface area (Å²) in [5, 5.41) is 8.45. The number of hydrogen-bond acceptors (Lipinski definition) is 7. The number of ether oxygens (including phenoxy) is 1. The molecule has 0 bridgehead atoms. The van der Waals surface area contributed by atoms with Crippen molar-refractivity contribution in [3.8, 4) is 5.75 Å². The summed E-state index contributed by atoms with van der Waals surface area (Å²) in [6.07, 6.45) is 3.29. The Labute approximate surface area is 193 Å². The lowest BCUT2D eigenvalue weighted by molar-refractivity contribution is 0.0827. The van der Waals surface area contributed by atoms with E-state index in [2.05, 4.69) is 40.2 Å². The minimum atomic E-state index is -0.260. The lowest BCUT2D eigenvalue weighted by Gasteiger charge is -2.42. The molecule has 9 nitrogen and oxygen atoms in total. The number of piperazine rings is 1. The van der Waals surface area contributed by atoms with E-state index in [9.17, 15) is 4.79 Å². The maximum Gasteiger partial charge on any atom is 0.352 e. The van der Waals surface area contributed by atoms with Crippen LogP contribution >= 0.6 is 0 Å². The van der Waals surface area contributed by atoms with Crippen molar-refractivity contribution < 1.29 is 4.74 Å². The fourth-order valence-corrected chi connectivity index (χ4v) is 4.33. The molecule has 5 rings (SSSR count). The molecular weight excluding hydrogens is 418 g/mol. The number of methoxy groups -OCH3 is 1. The van der Waals surface area contributed by atoms with E-state index in [1.165, 1.54) is 10.8 Å². The molecule has 33 heavy (non-hydrogen) atoms. The van der Waals surface area contributed by atoms with E-state index in [4.69, 9.17) is 9.72 Å². The second-order valence-electron chi connectivity index (χ2n) is 8.84. The summed E-state index contributed by atoms with van der Waals surface area (Å²) in [4.78, 5) is 24.7. The van der Waals surface area contributed by atoms with Crippen LogP contribution in [-0.2, 0) is 13.1 Å². The molecule has 174 valence electrons. The lowest BCUT2D eigenvalue weighted by Crippen LogP contribution is -2.57. The predicted molar refractivity (Wildman–Crippen MR) is 129 cm³/mol. The first-order valence-corrected chi connectivity index (χ1v) is 10.8. The largest absolute Gasteiger partial charge is 0.497 e. The molecule has 0 spiro atoms. The molecular formula is C24H31N7O2. The van der Waals surface area contributed by atoms with Crippen molar-refractivity contribution in [1.29, 1.82) is 0 Å². The molecule has 0 radical (unpaired) electrons. The van der Waals surface area contributed by atoms with Crippen LogP contribution in [0.25, 0.3) is 16.7 Å². The van der Waals surface area contributed by atoms with Gasteiger partial charge in [-0.2, -0.15) is 9.61 Å². The maximum atomic E-state index is 13.2. The topological polar surface area (TPSA) is 89.6 Å². The molecule has 4 heterocycles. The fraction of sp³-hybridized carbons (Fsp3) is 0.417. The molecule has 1 aliphatic rings. The molecule has 9 heteroatoms. The molecule has 0 saturated carbocycles. The number of nitrogens with zero attached hydrogens (tertiary/aromatic N) is 6. The summed E-state index contributed by atoms with van der Waals surface area (Å²) >= 11 is 0. The zero-order valence-electron chi connectivity index (χ0n) is 18.6. The third-order valence-electron chi connectivity index (χ3n) is 6.23. The van der Waals surface area contributed by atoms with Crippen LogP contribution in [0.4, 0.5) is 0 Å². The van der Waals surface area contributed by atoms with E-state index < -0.39 is 0 Å². The highest BCUT2D eigenvalue weighted by Gasteiger charge is 2.29. The van der Waals surface area contributed by atoms with E-state index in [1.807, 2.05) is 30.5 Å².